The van der Waals surface area contributed by atoms with Gasteiger partial charge in [-0.25, -0.2) is 9.59 Å². The van der Waals surface area contributed by atoms with E-state index in [-0.39, 0.29) is 12.5 Å². The van der Waals surface area contributed by atoms with Crippen LogP contribution >= 0.6 is 15.9 Å². The Hall–Kier alpha value is -2.38. The standard InChI is InChI=1S/C24H28BrNO5/c1-24(2,3)31-23(29)26-20(22(28)30-15-16-8-5-4-6-9-16)14-18(21(26)27)12-17-10-7-11-19(25)13-17/h4-11,13,18,20-21,27H,12,14-15H2,1-3H3/t18-,20+,21?/m0/s1. The van der Waals surface area contributed by atoms with Gasteiger partial charge in [-0.15, -0.1) is 0 Å². The van der Waals surface area contributed by atoms with Crippen molar-refractivity contribution < 1.29 is 24.2 Å². The molecule has 1 unspecified atom stereocenters. The molecule has 0 aliphatic carbocycles. The molecule has 0 saturated carbocycles. The van der Waals surface area contributed by atoms with Gasteiger partial charge in [-0.1, -0.05) is 58.4 Å². The molecule has 7 heteroatoms. The third-order valence-electron chi connectivity index (χ3n) is 5.06. The normalized spacial score (nSPS) is 21.1. The molecule has 0 bridgehead atoms. The predicted octanol–water partition coefficient (Wildman–Crippen LogP) is 4.68. The van der Waals surface area contributed by atoms with Gasteiger partial charge in [0.05, 0.1) is 0 Å². The number of esters is 1. The van der Waals surface area contributed by atoms with E-state index in [9.17, 15) is 14.7 Å². The van der Waals surface area contributed by atoms with Crippen LogP contribution in [0.5, 0.6) is 0 Å². The van der Waals surface area contributed by atoms with Gasteiger partial charge in [0.15, 0.2) is 0 Å². The molecule has 1 aliphatic heterocycles. The number of carbonyl (C=O) groups excluding carboxylic acids is 2. The summed E-state index contributed by atoms with van der Waals surface area (Å²) >= 11 is 3.45. The van der Waals surface area contributed by atoms with Crippen molar-refractivity contribution in [2.45, 2.75) is 58.1 Å². The average Bonchev–Trinajstić information content (AvgIpc) is 3.02. The van der Waals surface area contributed by atoms with E-state index in [2.05, 4.69) is 15.9 Å². The molecule has 1 N–H and O–H groups in total. The Bertz CT molecular complexity index is 912. The summed E-state index contributed by atoms with van der Waals surface area (Å²) in [6.07, 6.45) is -1.07. The van der Waals surface area contributed by atoms with Crippen LogP contribution in [0.4, 0.5) is 4.79 Å². The quantitative estimate of drug-likeness (QED) is 0.617. The summed E-state index contributed by atoms with van der Waals surface area (Å²) in [4.78, 5) is 26.9. The Balaban J connectivity index is 1.77. The second-order valence-electron chi connectivity index (χ2n) is 8.74. The topological polar surface area (TPSA) is 76.1 Å². The van der Waals surface area contributed by atoms with Gasteiger partial charge in [0.2, 0.25) is 0 Å². The maximum Gasteiger partial charge on any atom is 0.413 e. The van der Waals surface area contributed by atoms with E-state index in [0.717, 1.165) is 20.5 Å². The van der Waals surface area contributed by atoms with E-state index in [4.69, 9.17) is 9.47 Å². The first kappa shape index (κ1) is 23.3. The van der Waals surface area contributed by atoms with Crippen LogP contribution in [-0.4, -0.2) is 39.9 Å². The largest absolute Gasteiger partial charge is 0.459 e. The summed E-state index contributed by atoms with van der Waals surface area (Å²) in [6, 6.07) is 16.2. The molecule has 0 radical (unpaired) electrons. The van der Waals surface area contributed by atoms with Gasteiger partial charge >= 0.3 is 12.1 Å². The molecular weight excluding hydrogens is 462 g/mol. The zero-order chi connectivity index (χ0) is 22.6. The van der Waals surface area contributed by atoms with Crippen molar-refractivity contribution in [1.82, 2.24) is 4.90 Å². The number of aliphatic hydroxyl groups is 1. The van der Waals surface area contributed by atoms with Crippen LogP contribution < -0.4 is 0 Å². The number of hydrogen-bond donors (Lipinski definition) is 1. The summed E-state index contributed by atoms with van der Waals surface area (Å²) in [5.74, 6) is -0.874. The zero-order valence-corrected chi connectivity index (χ0v) is 19.5. The average molecular weight is 490 g/mol. The maximum atomic E-state index is 12.9. The minimum absolute atomic E-state index is 0.102. The van der Waals surface area contributed by atoms with Crippen molar-refractivity contribution in [1.29, 1.82) is 0 Å². The fourth-order valence-corrected chi connectivity index (χ4v) is 4.12. The Labute approximate surface area is 191 Å². The van der Waals surface area contributed by atoms with Crippen LogP contribution in [0, 0.1) is 5.92 Å². The first-order valence-electron chi connectivity index (χ1n) is 10.3. The molecular formula is C24H28BrNO5. The van der Waals surface area contributed by atoms with Gasteiger partial charge in [0.25, 0.3) is 0 Å². The van der Waals surface area contributed by atoms with Crippen LogP contribution in [0.3, 0.4) is 0 Å². The SMILES string of the molecule is CC(C)(C)OC(=O)N1C(O)[C@@H](Cc2cccc(Br)c2)C[C@@H]1C(=O)OCc1ccccc1. The number of carbonyl (C=O) groups is 2. The van der Waals surface area contributed by atoms with E-state index in [1.165, 1.54) is 0 Å². The molecule has 1 heterocycles. The molecule has 2 aromatic carbocycles. The summed E-state index contributed by atoms with van der Waals surface area (Å²) in [7, 11) is 0. The number of ether oxygens (including phenoxy) is 2. The van der Waals surface area contributed by atoms with E-state index in [0.29, 0.717) is 12.8 Å². The smallest absolute Gasteiger partial charge is 0.413 e. The zero-order valence-electron chi connectivity index (χ0n) is 18.0. The summed E-state index contributed by atoms with van der Waals surface area (Å²) in [6.45, 7) is 5.34. The summed E-state index contributed by atoms with van der Waals surface area (Å²) < 4.78 is 11.9. The number of rotatable bonds is 5. The Morgan fingerprint density at radius 2 is 1.77 bits per heavy atom. The summed E-state index contributed by atoms with van der Waals surface area (Å²) in [5.41, 5.74) is 1.10. The van der Waals surface area contributed by atoms with Gasteiger partial charge < -0.3 is 14.6 Å². The fraction of sp³-hybridized carbons (Fsp3) is 0.417. The van der Waals surface area contributed by atoms with Gasteiger partial charge in [0, 0.05) is 10.4 Å². The van der Waals surface area contributed by atoms with Crippen LogP contribution in [0.25, 0.3) is 0 Å². The number of likely N-dealkylation sites (tertiary alicyclic amines) is 1. The van der Waals surface area contributed by atoms with Crippen LogP contribution in [0.2, 0.25) is 0 Å². The molecule has 0 aromatic heterocycles. The van der Waals surface area contributed by atoms with Crippen molar-refractivity contribution in [3.8, 4) is 0 Å². The molecule has 1 saturated heterocycles. The molecule has 3 rings (SSSR count). The van der Waals surface area contributed by atoms with Gasteiger partial charge in [0.1, 0.15) is 24.5 Å². The Morgan fingerprint density at radius 1 is 1.10 bits per heavy atom. The lowest BCUT2D eigenvalue weighted by atomic mass is 9.95. The monoisotopic (exact) mass is 489 g/mol. The molecule has 6 nitrogen and oxygen atoms in total. The van der Waals surface area contributed by atoms with Crippen molar-refractivity contribution in [3.05, 3.63) is 70.2 Å². The lowest BCUT2D eigenvalue weighted by Gasteiger charge is -2.30. The predicted molar refractivity (Wildman–Crippen MR) is 120 cm³/mol. The third kappa shape index (κ3) is 6.31. The highest BCUT2D eigenvalue weighted by Gasteiger charge is 2.48. The molecule has 166 valence electrons. The van der Waals surface area contributed by atoms with Crippen molar-refractivity contribution in [3.63, 3.8) is 0 Å². The molecule has 1 amide bonds. The van der Waals surface area contributed by atoms with E-state index < -0.39 is 29.9 Å². The minimum atomic E-state index is -1.15. The minimum Gasteiger partial charge on any atom is -0.459 e. The second-order valence-corrected chi connectivity index (χ2v) is 9.66. The number of aliphatic hydroxyl groups excluding tert-OH is 1. The molecule has 1 aliphatic rings. The highest BCUT2D eigenvalue weighted by atomic mass is 79.9. The lowest BCUT2D eigenvalue weighted by molar-refractivity contribution is -0.152. The lowest BCUT2D eigenvalue weighted by Crippen LogP contribution is -2.48. The molecule has 3 atom stereocenters. The van der Waals surface area contributed by atoms with Crippen LogP contribution in [0.1, 0.15) is 38.3 Å². The van der Waals surface area contributed by atoms with Crippen molar-refractivity contribution in [2.24, 2.45) is 5.92 Å². The fourth-order valence-electron chi connectivity index (χ4n) is 3.67. The van der Waals surface area contributed by atoms with Gasteiger partial charge in [-0.3, -0.25) is 4.90 Å². The Morgan fingerprint density at radius 3 is 2.42 bits per heavy atom. The Kier molecular flexibility index (Phi) is 7.38. The summed E-state index contributed by atoms with van der Waals surface area (Å²) in [5, 5.41) is 11.0. The second kappa shape index (κ2) is 9.83. The van der Waals surface area contributed by atoms with Crippen LogP contribution in [0.15, 0.2) is 59.1 Å². The molecule has 0 spiro atoms. The highest BCUT2D eigenvalue weighted by molar-refractivity contribution is 9.10. The first-order valence-corrected chi connectivity index (χ1v) is 11.1. The van der Waals surface area contributed by atoms with Crippen LogP contribution in [-0.2, 0) is 27.3 Å². The van der Waals surface area contributed by atoms with E-state index >= 15 is 0 Å². The number of halogens is 1. The van der Waals surface area contributed by atoms with Gasteiger partial charge in [-0.2, -0.15) is 0 Å². The number of nitrogens with zero attached hydrogens (tertiary/aromatic N) is 1. The highest BCUT2D eigenvalue weighted by Crippen LogP contribution is 2.34. The maximum absolute atomic E-state index is 12.9. The number of benzene rings is 2. The number of amides is 1. The third-order valence-corrected chi connectivity index (χ3v) is 5.55. The van der Waals surface area contributed by atoms with Crippen molar-refractivity contribution in [2.75, 3.05) is 0 Å². The van der Waals surface area contributed by atoms with Crippen molar-refractivity contribution >= 4 is 28.0 Å². The van der Waals surface area contributed by atoms with Gasteiger partial charge in [-0.05, 0) is 56.9 Å². The first-order chi connectivity index (χ1) is 14.6. The molecule has 2 aromatic rings. The van der Waals surface area contributed by atoms with E-state index in [1.54, 1.807) is 20.8 Å². The number of hydrogen-bond acceptors (Lipinski definition) is 5. The molecule has 31 heavy (non-hydrogen) atoms. The molecule has 1 fully saturated rings. The van der Waals surface area contributed by atoms with E-state index in [1.807, 2.05) is 54.6 Å².